The molecule has 12 nitrogen and oxygen atoms in total. The SMILES string of the molecule is O=C(Oc1ccc(OC(=O)c2ccc3c(c2)C(=O)N(C[C@@H]2CCCO2)C3=O)cc1)c1ccc2c(c1)C(=O)N(C[C@H]1CCCO1)C2=O. The lowest BCUT2D eigenvalue weighted by atomic mass is 10.1. The summed E-state index contributed by atoms with van der Waals surface area (Å²) in [5, 5.41) is 0. The second-order valence-corrected chi connectivity index (χ2v) is 11.5. The van der Waals surface area contributed by atoms with Crippen molar-refractivity contribution in [3.63, 3.8) is 0 Å². The summed E-state index contributed by atoms with van der Waals surface area (Å²) in [7, 11) is 0. The van der Waals surface area contributed by atoms with E-state index < -0.39 is 35.6 Å². The fourth-order valence-corrected chi connectivity index (χ4v) is 6.06. The van der Waals surface area contributed by atoms with Crippen molar-refractivity contribution in [1.29, 1.82) is 0 Å². The van der Waals surface area contributed by atoms with Crippen LogP contribution in [0.4, 0.5) is 0 Å². The number of amides is 4. The van der Waals surface area contributed by atoms with Crippen LogP contribution in [-0.4, -0.2) is 83.9 Å². The second-order valence-electron chi connectivity index (χ2n) is 11.5. The Balaban J connectivity index is 0.973. The zero-order chi connectivity index (χ0) is 31.9. The van der Waals surface area contributed by atoms with Gasteiger partial charge in [0.25, 0.3) is 23.6 Å². The summed E-state index contributed by atoms with van der Waals surface area (Å²) in [6, 6.07) is 14.1. The van der Waals surface area contributed by atoms with E-state index in [1.54, 1.807) is 0 Å². The van der Waals surface area contributed by atoms with Crippen LogP contribution < -0.4 is 9.47 Å². The molecule has 2 atom stereocenters. The molecule has 3 aromatic carbocycles. The molecule has 4 amide bonds. The predicted molar refractivity (Wildman–Crippen MR) is 158 cm³/mol. The molecule has 0 radical (unpaired) electrons. The topological polar surface area (TPSA) is 146 Å². The fourth-order valence-electron chi connectivity index (χ4n) is 6.06. The number of hydrogen-bond acceptors (Lipinski definition) is 10. The molecular formula is C34H28N2O10. The number of carbonyl (C=O) groups excluding carboxylic acids is 6. The van der Waals surface area contributed by atoms with Crippen LogP contribution in [0, 0.1) is 0 Å². The summed E-state index contributed by atoms with van der Waals surface area (Å²) < 4.78 is 22.0. The van der Waals surface area contributed by atoms with Crippen LogP contribution in [0.1, 0.15) is 87.8 Å². The van der Waals surface area contributed by atoms with Crippen molar-refractivity contribution >= 4 is 35.6 Å². The summed E-state index contributed by atoms with van der Waals surface area (Å²) in [5.74, 6) is -2.97. The van der Waals surface area contributed by atoms with Gasteiger partial charge in [-0.25, -0.2) is 9.59 Å². The van der Waals surface area contributed by atoms with Crippen molar-refractivity contribution in [1.82, 2.24) is 9.80 Å². The minimum absolute atomic E-state index is 0.0911. The molecule has 3 aromatic rings. The second kappa shape index (κ2) is 12.0. The third-order valence-electron chi connectivity index (χ3n) is 8.48. The van der Waals surface area contributed by atoms with E-state index in [0.29, 0.717) is 13.2 Å². The van der Waals surface area contributed by atoms with Crippen molar-refractivity contribution in [3.05, 3.63) is 94.0 Å². The van der Waals surface area contributed by atoms with Gasteiger partial charge in [0.2, 0.25) is 0 Å². The predicted octanol–water partition coefficient (Wildman–Crippen LogP) is 3.68. The lowest BCUT2D eigenvalue weighted by molar-refractivity contribution is 0.0468. The molecule has 7 rings (SSSR count). The van der Waals surface area contributed by atoms with Crippen molar-refractivity contribution in [3.8, 4) is 11.5 Å². The van der Waals surface area contributed by atoms with Crippen LogP contribution in [0.2, 0.25) is 0 Å². The number of imide groups is 2. The summed E-state index contributed by atoms with van der Waals surface area (Å²) in [6.07, 6.45) is 2.92. The Morgan fingerprint density at radius 3 is 1.35 bits per heavy atom. The van der Waals surface area contributed by atoms with E-state index in [0.717, 1.165) is 35.5 Å². The summed E-state index contributed by atoms with van der Waals surface area (Å²) in [6.45, 7) is 1.54. The molecule has 0 bridgehead atoms. The Bertz CT molecular complexity index is 1660. The lowest BCUT2D eigenvalue weighted by Crippen LogP contribution is -2.36. The number of rotatable bonds is 8. The molecule has 4 aliphatic heterocycles. The highest BCUT2D eigenvalue weighted by molar-refractivity contribution is 6.22. The summed E-state index contributed by atoms with van der Waals surface area (Å²) in [5.41, 5.74) is 0.893. The number of fused-ring (bicyclic) bond motifs is 2. The van der Waals surface area contributed by atoms with Crippen molar-refractivity contribution in [2.75, 3.05) is 26.3 Å². The number of carbonyl (C=O) groups is 6. The number of nitrogens with zero attached hydrogens (tertiary/aromatic N) is 2. The quantitative estimate of drug-likeness (QED) is 0.207. The highest BCUT2D eigenvalue weighted by Gasteiger charge is 2.39. The fraction of sp³-hybridized carbons (Fsp3) is 0.294. The standard InChI is InChI=1S/C34H28N2O10/c37-29-25-11-5-19(15-27(25)31(39)35(29)17-23-3-1-13-43-23)33(41)45-21-7-9-22(10-8-21)46-34(42)20-6-12-26-28(16-20)32(40)36(30(26)38)18-24-4-2-14-44-24/h5-12,15-16,23-24H,1-4,13-14,17-18H2/t23-,24+. The first-order chi connectivity index (χ1) is 22.3. The Morgan fingerprint density at radius 2 is 0.978 bits per heavy atom. The Morgan fingerprint density at radius 1 is 0.587 bits per heavy atom. The molecule has 2 fully saturated rings. The van der Waals surface area contributed by atoms with Gasteiger partial charge in [0.1, 0.15) is 11.5 Å². The maximum absolute atomic E-state index is 12.9. The molecule has 0 aromatic heterocycles. The van der Waals surface area contributed by atoms with Gasteiger partial charge in [-0.05, 0) is 86.3 Å². The van der Waals surface area contributed by atoms with Crippen LogP contribution in [0.5, 0.6) is 11.5 Å². The maximum Gasteiger partial charge on any atom is 0.343 e. The first-order valence-corrected chi connectivity index (χ1v) is 15.0. The zero-order valence-corrected chi connectivity index (χ0v) is 24.6. The van der Waals surface area contributed by atoms with E-state index in [1.807, 2.05) is 0 Å². The maximum atomic E-state index is 12.9. The van der Waals surface area contributed by atoms with E-state index in [9.17, 15) is 28.8 Å². The molecule has 2 saturated heterocycles. The lowest BCUT2D eigenvalue weighted by Gasteiger charge is -2.17. The highest BCUT2D eigenvalue weighted by Crippen LogP contribution is 2.29. The van der Waals surface area contributed by atoms with Gasteiger partial charge in [0, 0.05) is 13.2 Å². The molecule has 0 spiro atoms. The first kappa shape index (κ1) is 29.5. The van der Waals surface area contributed by atoms with Crippen LogP contribution in [-0.2, 0) is 9.47 Å². The Labute approximate surface area is 262 Å². The molecular weight excluding hydrogens is 596 g/mol. The van der Waals surface area contributed by atoms with E-state index in [-0.39, 0.29) is 70.2 Å². The van der Waals surface area contributed by atoms with Crippen LogP contribution >= 0.6 is 0 Å². The average molecular weight is 625 g/mol. The van der Waals surface area contributed by atoms with E-state index in [4.69, 9.17) is 18.9 Å². The molecule has 0 unspecified atom stereocenters. The van der Waals surface area contributed by atoms with E-state index >= 15 is 0 Å². The summed E-state index contributed by atoms with van der Waals surface area (Å²) in [4.78, 5) is 79.5. The van der Waals surface area contributed by atoms with E-state index in [1.165, 1.54) is 60.7 Å². The van der Waals surface area contributed by atoms with Gasteiger partial charge < -0.3 is 18.9 Å². The monoisotopic (exact) mass is 624 g/mol. The van der Waals surface area contributed by atoms with Crippen molar-refractivity contribution in [2.45, 2.75) is 37.9 Å². The average Bonchev–Trinajstić information content (AvgIpc) is 3.87. The van der Waals surface area contributed by atoms with Gasteiger partial charge in [0.05, 0.1) is 58.7 Å². The minimum atomic E-state index is -0.740. The highest BCUT2D eigenvalue weighted by atomic mass is 16.5. The molecule has 4 heterocycles. The molecule has 46 heavy (non-hydrogen) atoms. The molecule has 234 valence electrons. The zero-order valence-electron chi connectivity index (χ0n) is 24.6. The van der Waals surface area contributed by atoms with Crippen LogP contribution in [0.15, 0.2) is 60.7 Å². The molecule has 0 N–H and O–H groups in total. The van der Waals surface area contributed by atoms with Gasteiger partial charge in [0.15, 0.2) is 0 Å². The van der Waals surface area contributed by atoms with Gasteiger partial charge >= 0.3 is 11.9 Å². The Kier molecular flexibility index (Phi) is 7.67. The molecule has 4 aliphatic rings. The molecule has 0 aliphatic carbocycles. The van der Waals surface area contributed by atoms with Gasteiger partial charge in [-0.1, -0.05) is 0 Å². The molecule has 0 saturated carbocycles. The van der Waals surface area contributed by atoms with Crippen molar-refractivity contribution < 1.29 is 47.7 Å². The van der Waals surface area contributed by atoms with Crippen LogP contribution in [0.25, 0.3) is 0 Å². The Hall–Kier alpha value is -5.20. The number of hydrogen-bond donors (Lipinski definition) is 0. The van der Waals surface area contributed by atoms with Gasteiger partial charge in [-0.3, -0.25) is 29.0 Å². The van der Waals surface area contributed by atoms with Gasteiger partial charge in [-0.15, -0.1) is 0 Å². The van der Waals surface area contributed by atoms with Crippen molar-refractivity contribution in [2.24, 2.45) is 0 Å². The minimum Gasteiger partial charge on any atom is -0.423 e. The molecule has 12 heteroatoms. The largest absolute Gasteiger partial charge is 0.423 e. The normalized spacial score (nSPS) is 20.3. The summed E-state index contributed by atoms with van der Waals surface area (Å²) >= 11 is 0. The number of ether oxygens (including phenoxy) is 4. The third-order valence-corrected chi connectivity index (χ3v) is 8.48. The number of esters is 2. The smallest absolute Gasteiger partial charge is 0.343 e. The van der Waals surface area contributed by atoms with E-state index in [2.05, 4.69) is 0 Å². The first-order valence-electron chi connectivity index (χ1n) is 15.0. The van der Waals surface area contributed by atoms with Crippen LogP contribution in [0.3, 0.4) is 0 Å². The number of benzene rings is 3. The third kappa shape index (κ3) is 5.46. The van der Waals surface area contributed by atoms with Gasteiger partial charge in [-0.2, -0.15) is 0 Å².